The molecule has 0 aromatic carbocycles. The normalized spacial score (nSPS) is 9.00. The van der Waals surface area contributed by atoms with Crippen molar-refractivity contribution >= 4 is 11.8 Å². The van der Waals surface area contributed by atoms with Crippen molar-refractivity contribution in [1.82, 2.24) is 9.97 Å². The summed E-state index contributed by atoms with van der Waals surface area (Å²) in [6.07, 6.45) is 6.74. The summed E-state index contributed by atoms with van der Waals surface area (Å²) in [6.45, 7) is 0.510. The SMILES string of the molecule is C#CCN(C)c1ccnc(N)n1. The van der Waals surface area contributed by atoms with Crippen LogP contribution < -0.4 is 10.6 Å². The quantitative estimate of drug-likeness (QED) is 0.628. The van der Waals surface area contributed by atoms with Gasteiger partial charge in [0, 0.05) is 13.2 Å². The number of rotatable bonds is 2. The zero-order valence-corrected chi connectivity index (χ0v) is 6.86. The van der Waals surface area contributed by atoms with Gasteiger partial charge < -0.3 is 10.6 Å². The number of hydrogen-bond acceptors (Lipinski definition) is 4. The standard InChI is InChI=1S/C8H10N4/c1-3-6-12(2)7-4-5-10-8(9)11-7/h1,4-5H,6H2,2H3,(H2,9,10,11). The van der Waals surface area contributed by atoms with E-state index in [1.54, 1.807) is 12.3 Å². The summed E-state index contributed by atoms with van der Waals surface area (Å²) in [5.74, 6) is 3.51. The summed E-state index contributed by atoms with van der Waals surface area (Å²) in [7, 11) is 1.85. The number of hydrogen-bond donors (Lipinski definition) is 1. The molecule has 0 saturated carbocycles. The second-order valence-corrected chi connectivity index (χ2v) is 2.33. The fraction of sp³-hybridized carbons (Fsp3) is 0.250. The summed E-state index contributed by atoms with van der Waals surface area (Å²) >= 11 is 0. The minimum absolute atomic E-state index is 0.261. The van der Waals surface area contributed by atoms with Crippen LogP contribution in [0.25, 0.3) is 0 Å². The molecule has 2 N–H and O–H groups in total. The predicted octanol–water partition coefficient (Wildman–Crippen LogP) is 0.128. The molecule has 1 heterocycles. The van der Waals surface area contributed by atoms with Crippen LogP contribution >= 0.6 is 0 Å². The number of nitrogen functional groups attached to an aromatic ring is 1. The van der Waals surface area contributed by atoms with Crippen LogP contribution in [0.3, 0.4) is 0 Å². The average molecular weight is 162 g/mol. The fourth-order valence-electron chi connectivity index (χ4n) is 0.794. The molecular formula is C8H10N4. The molecule has 1 rings (SSSR count). The van der Waals surface area contributed by atoms with Crippen molar-refractivity contribution in [2.24, 2.45) is 0 Å². The molecule has 0 saturated heterocycles. The van der Waals surface area contributed by atoms with E-state index in [1.165, 1.54) is 0 Å². The third-order valence-electron chi connectivity index (χ3n) is 1.38. The number of aromatic nitrogens is 2. The van der Waals surface area contributed by atoms with E-state index in [0.717, 1.165) is 5.82 Å². The highest BCUT2D eigenvalue weighted by Crippen LogP contribution is 2.06. The van der Waals surface area contributed by atoms with Gasteiger partial charge in [-0.05, 0) is 6.07 Å². The lowest BCUT2D eigenvalue weighted by atomic mass is 10.5. The summed E-state index contributed by atoms with van der Waals surface area (Å²) in [4.78, 5) is 9.58. The Bertz CT molecular complexity index is 302. The van der Waals surface area contributed by atoms with Crippen molar-refractivity contribution in [3.05, 3.63) is 12.3 Å². The zero-order chi connectivity index (χ0) is 8.97. The largest absolute Gasteiger partial charge is 0.368 e. The summed E-state index contributed by atoms with van der Waals surface area (Å²) in [5.41, 5.74) is 5.39. The van der Waals surface area contributed by atoms with Gasteiger partial charge in [-0.25, -0.2) is 4.98 Å². The molecule has 12 heavy (non-hydrogen) atoms. The third-order valence-corrected chi connectivity index (χ3v) is 1.38. The molecule has 0 atom stereocenters. The second-order valence-electron chi connectivity index (χ2n) is 2.33. The first-order valence-electron chi connectivity index (χ1n) is 3.47. The molecule has 0 aliphatic carbocycles. The lowest BCUT2D eigenvalue weighted by Gasteiger charge is -2.13. The van der Waals surface area contributed by atoms with Gasteiger partial charge in [0.05, 0.1) is 6.54 Å². The zero-order valence-electron chi connectivity index (χ0n) is 6.86. The van der Waals surface area contributed by atoms with Gasteiger partial charge in [0.15, 0.2) is 0 Å². The average Bonchev–Trinajstić information content (AvgIpc) is 2.05. The van der Waals surface area contributed by atoms with Gasteiger partial charge in [-0.15, -0.1) is 6.42 Å². The summed E-state index contributed by atoms with van der Waals surface area (Å²) in [6, 6.07) is 1.76. The molecule has 62 valence electrons. The monoisotopic (exact) mass is 162 g/mol. The number of anilines is 2. The second kappa shape index (κ2) is 3.58. The Morgan fingerprint density at radius 2 is 2.50 bits per heavy atom. The van der Waals surface area contributed by atoms with Crippen molar-refractivity contribution in [2.45, 2.75) is 0 Å². The van der Waals surface area contributed by atoms with Crippen molar-refractivity contribution in [3.8, 4) is 12.3 Å². The molecular weight excluding hydrogens is 152 g/mol. The molecule has 4 heteroatoms. The molecule has 0 aliphatic heterocycles. The molecule has 0 aliphatic rings. The van der Waals surface area contributed by atoms with Gasteiger partial charge in [0.2, 0.25) is 5.95 Å². The Labute approximate surface area is 71.4 Å². The molecule has 1 aromatic heterocycles. The first-order chi connectivity index (χ1) is 5.74. The van der Waals surface area contributed by atoms with Crippen LogP contribution in [-0.2, 0) is 0 Å². The molecule has 0 bridgehead atoms. The Morgan fingerprint density at radius 1 is 1.75 bits per heavy atom. The molecule has 0 radical (unpaired) electrons. The van der Waals surface area contributed by atoms with E-state index in [0.29, 0.717) is 6.54 Å². The number of nitrogens with zero attached hydrogens (tertiary/aromatic N) is 3. The van der Waals surface area contributed by atoms with Gasteiger partial charge >= 0.3 is 0 Å². The predicted molar refractivity (Wildman–Crippen MR) is 48.5 cm³/mol. The topological polar surface area (TPSA) is 55.0 Å². The highest BCUT2D eigenvalue weighted by Gasteiger charge is 1.99. The Hall–Kier alpha value is -1.76. The van der Waals surface area contributed by atoms with Crippen LogP contribution in [0, 0.1) is 12.3 Å². The minimum Gasteiger partial charge on any atom is -0.368 e. The van der Waals surface area contributed by atoms with Crippen LogP contribution in [0.5, 0.6) is 0 Å². The number of terminal acetylenes is 1. The van der Waals surface area contributed by atoms with Crippen molar-refractivity contribution in [1.29, 1.82) is 0 Å². The van der Waals surface area contributed by atoms with Gasteiger partial charge in [0.25, 0.3) is 0 Å². The van der Waals surface area contributed by atoms with Crippen LogP contribution in [-0.4, -0.2) is 23.6 Å². The third kappa shape index (κ3) is 1.86. The molecule has 0 spiro atoms. The van der Waals surface area contributed by atoms with Crippen LogP contribution in [0.1, 0.15) is 0 Å². The lowest BCUT2D eigenvalue weighted by Crippen LogP contribution is -2.18. The maximum absolute atomic E-state index is 5.39. The van der Waals surface area contributed by atoms with Gasteiger partial charge in [0.1, 0.15) is 5.82 Å². The van der Waals surface area contributed by atoms with E-state index in [9.17, 15) is 0 Å². The smallest absolute Gasteiger partial charge is 0.221 e. The van der Waals surface area contributed by atoms with E-state index in [-0.39, 0.29) is 5.95 Å². The lowest BCUT2D eigenvalue weighted by molar-refractivity contribution is 0.994. The number of nitrogens with two attached hydrogens (primary N) is 1. The van der Waals surface area contributed by atoms with Gasteiger partial charge in [-0.2, -0.15) is 4.98 Å². The van der Waals surface area contributed by atoms with Crippen molar-refractivity contribution < 1.29 is 0 Å². The first-order valence-corrected chi connectivity index (χ1v) is 3.47. The van der Waals surface area contributed by atoms with E-state index in [1.807, 2.05) is 11.9 Å². The van der Waals surface area contributed by atoms with Crippen LogP contribution in [0.15, 0.2) is 12.3 Å². The van der Waals surface area contributed by atoms with Crippen molar-refractivity contribution in [3.63, 3.8) is 0 Å². The Kier molecular flexibility index (Phi) is 2.49. The summed E-state index contributed by atoms with van der Waals surface area (Å²) < 4.78 is 0. The van der Waals surface area contributed by atoms with E-state index >= 15 is 0 Å². The Morgan fingerprint density at radius 3 is 3.08 bits per heavy atom. The molecule has 1 aromatic rings. The van der Waals surface area contributed by atoms with Gasteiger partial charge in [-0.3, -0.25) is 0 Å². The van der Waals surface area contributed by atoms with Crippen LogP contribution in [0.2, 0.25) is 0 Å². The highest BCUT2D eigenvalue weighted by atomic mass is 15.2. The van der Waals surface area contributed by atoms with Crippen LogP contribution in [0.4, 0.5) is 11.8 Å². The highest BCUT2D eigenvalue weighted by molar-refractivity contribution is 5.40. The van der Waals surface area contributed by atoms with Gasteiger partial charge in [-0.1, -0.05) is 5.92 Å². The van der Waals surface area contributed by atoms with E-state index < -0.39 is 0 Å². The van der Waals surface area contributed by atoms with E-state index in [2.05, 4.69) is 15.9 Å². The summed E-state index contributed by atoms with van der Waals surface area (Å²) in [5, 5.41) is 0. The maximum Gasteiger partial charge on any atom is 0.221 e. The maximum atomic E-state index is 5.39. The van der Waals surface area contributed by atoms with Crippen molar-refractivity contribution in [2.75, 3.05) is 24.2 Å². The minimum atomic E-state index is 0.261. The Balaban J connectivity index is 2.82. The fourth-order valence-corrected chi connectivity index (χ4v) is 0.794. The first kappa shape index (κ1) is 8.34. The molecule has 0 fully saturated rings. The molecule has 0 amide bonds. The molecule has 0 unspecified atom stereocenters. The van der Waals surface area contributed by atoms with E-state index in [4.69, 9.17) is 12.2 Å². The molecule has 4 nitrogen and oxygen atoms in total.